The number of rotatable bonds is 4. The van der Waals surface area contributed by atoms with Crippen LogP contribution in [0.3, 0.4) is 0 Å². The first-order valence-electron chi connectivity index (χ1n) is 4.33. The molecule has 1 atom stereocenters. The average Bonchev–Trinajstić information content (AvgIpc) is 2.12. The summed E-state index contributed by atoms with van der Waals surface area (Å²) in [6.07, 6.45) is 0.157. The highest BCUT2D eigenvalue weighted by atomic mass is 32.2. The molecule has 0 aliphatic heterocycles. The van der Waals surface area contributed by atoms with Gasteiger partial charge < -0.3 is 10.5 Å². The maximum atomic E-state index is 12.9. The normalized spacial score (nSPS) is 12.8. The van der Waals surface area contributed by atoms with Crippen LogP contribution in [0.2, 0.25) is 0 Å². The molecule has 2 nitrogen and oxygen atoms in total. The molecule has 2 N–H and O–H groups in total. The Labute approximate surface area is 87.6 Å². The summed E-state index contributed by atoms with van der Waals surface area (Å²) in [5, 5.41) is 0. The Balaban J connectivity index is 2.58. The number of halogens is 1. The molecule has 1 aromatic carbocycles. The van der Waals surface area contributed by atoms with Crippen molar-refractivity contribution < 1.29 is 9.13 Å². The molecule has 78 valence electrons. The smallest absolute Gasteiger partial charge is 0.126 e. The second-order valence-corrected chi connectivity index (χ2v) is 4.17. The van der Waals surface area contributed by atoms with Gasteiger partial charge in [-0.15, -0.1) is 11.8 Å². The highest BCUT2D eigenvalue weighted by Crippen LogP contribution is 2.23. The van der Waals surface area contributed by atoms with Gasteiger partial charge in [0.25, 0.3) is 0 Å². The standard InChI is InChI=1S/C10H14FNOS/c1-7(13-2)6-14-10-4-8(11)3-9(12)5-10/h3-5,7H,6,12H2,1-2H3. The Morgan fingerprint density at radius 2 is 2.21 bits per heavy atom. The van der Waals surface area contributed by atoms with E-state index in [2.05, 4.69) is 0 Å². The monoisotopic (exact) mass is 215 g/mol. The first-order valence-corrected chi connectivity index (χ1v) is 5.32. The molecule has 0 amide bonds. The van der Waals surface area contributed by atoms with E-state index in [4.69, 9.17) is 10.5 Å². The van der Waals surface area contributed by atoms with Crippen LogP contribution in [-0.2, 0) is 4.74 Å². The molecule has 0 aliphatic rings. The van der Waals surface area contributed by atoms with Crippen molar-refractivity contribution in [2.45, 2.75) is 17.9 Å². The van der Waals surface area contributed by atoms with E-state index in [0.717, 1.165) is 10.6 Å². The Kier molecular flexibility index (Phi) is 4.22. The zero-order valence-electron chi connectivity index (χ0n) is 8.29. The molecule has 0 heterocycles. The van der Waals surface area contributed by atoms with E-state index in [9.17, 15) is 4.39 Å². The van der Waals surface area contributed by atoms with Crippen LogP contribution >= 0.6 is 11.8 Å². The van der Waals surface area contributed by atoms with Gasteiger partial charge in [-0.2, -0.15) is 0 Å². The van der Waals surface area contributed by atoms with Crippen molar-refractivity contribution in [2.24, 2.45) is 0 Å². The maximum Gasteiger partial charge on any atom is 0.126 e. The van der Waals surface area contributed by atoms with Crippen molar-refractivity contribution in [3.05, 3.63) is 24.0 Å². The van der Waals surface area contributed by atoms with Crippen LogP contribution in [0.25, 0.3) is 0 Å². The quantitative estimate of drug-likeness (QED) is 0.619. The molecule has 1 rings (SSSR count). The fraction of sp³-hybridized carbons (Fsp3) is 0.400. The molecule has 1 aromatic rings. The van der Waals surface area contributed by atoms with E-state index < -0.39 is 0 Å². The molecule has 0 bridgehead atoms. The van der Waals surface area contributed by atoms with Crippen molar-refractivity contribution in [1.82, 2.24) is 0 Å². The molecular formula is C10H14FNOS. The summed E-state index contributed by atoms with van der Waals surface area (Å²) in [6.45, 7) is 1.97. The molecule has 1 unspecified atom stereocenters. The lowest BCUT2D eigenvalue weighted by atomic mass is 10.3. The largest absolute Gasteiger partial charge is 0.399 e. The highest BCUT2D eigenvalue weighted by molar-refractivity contribution is 7.99. The van der Waals surface area contributed by atoms with Crippen LogP contribution in [0.15, 0.2) is 23.1 Å². The topological polar surface area (TPSA) is 35.2 Å². The molecule has 0 aliphatic carbocycles. The van der Waals surface area contributed by atoms with E-state index in [1.165, 1.54) is 23.9 Å². The summed E-state index contributed by atoms with van der Waals surface area (Å²) in [5.41, 5.74) is 5.97. The van der Waals surface area contributed by atoms with E-state index in [0.29, 0.717) is 5.69 Å². The maximum absolute atomic E-state index is 12.9. The summed E-state index contributed by atoms with van der Waals surface area (Å²) < 4.78 is 18.0. The fourth-order valence-electron chi connectivity index (χ4n) is 0.949. The van der Waals surface area contributed by atoms with Gasteiger partial charge >= 0.3 is 0 Å². The number of benzene rings is 1. The van der Waals surface area contributed by atoms with Crippen LogP contribution in [0.5, 0.6) is 0 Å². The number of hydrogen-bond donors (Lipinski definition) is 1. The molecule has 14 heavy (non-hydrogen) atoms. The molecule has 0 aromatic heterocycles. The Morgan fingerprint density at radius 3 is 2.79 bits per heavy atom. The third kappa shape index (κ3) is 3.55. The Bertz CT molecular complexity index is 286. The number of anilines is 1. The molecule has 4 heteroatoms. The van der Waals surface area contributed by atoms with Crippen molar-refractivity contribution >= 4 is 17.4 Å². The average molecular weight is 215 g/mol. The van der Waals surface area contributed by atoms with Gasteiger partial charge in [0.1, 0.15) is 5.82 Å². The number of nitrogen functional groups attached to an aromatic ring is 1. The second kappa shape index (κ2) is 5.22. The zero-order valence-corrected chi connectivity index (χ0v) is 9.10. The number of methoxy groups -OCH3 is 1. The lowest BCUT2D eigenvalue weighted by molar-refractivity contribution is 0.138. The summed E-state index contributed by atoms with van der Waals surface area (Å²) in [4.78, 5) is 0.839. The third-order valence-electron chi connectivity index (χ3n) is 1.78. The lowest BCUT2D eigenvalue weighted by Gasteiger charge is -2.08. The summed E-state index contributed by atoms with van der Waals surface area (Å²) in [5.74, 6) is 0.497. The van der Waals surface area contributed by atoms with Crippen molar-refractivity contribution in [3.8, 4) is 0 Å². The van der Waals surface area contributed by atoms with Gasteiger partial charge in [0, 0.05) is 23.4 Å². The van der Waals surface area contributed by atoms with Gasteiger partial charge in [0.05, 0.1) is 6.10 Å². The molecule has 0 saturated carbocycles. The molecule has 0 fully saturated rings. The SMILES string of the molecule is COC(C)CSc1cc(N)cc(F)c1. The van der Waals surface area contributed by atoms with Crippen LogP contribution in [-0.4, -0.2) is 19.0 Å². The number of thioether (sulfide) groups is 1. The molecule has 0 saturated heterocycles. The number of hydrogen-bond acceptors (Lipinski definition) is 3. The van der Waals surface area contributed by atoms with E-state index >= 15 is 0 Å². The number of ether oxygens (including phenoxy) is 1. The zero-order chi connectivity index (χ0) is 10.6. The van der Waals surface area contributed by atoms with Gasteiger partial charge in [-0.25, -0.2) is 4.39 Å². The van der Waals surface area contributed by atoms with Crippen LogP contribution < -0.4 is 5.73 Å². The number of nitrogens with two attached hydrogens (primary N) is 1. The minimum absolute atomic E-state index is 0.157. The van der Waals surface area contributed by atoms with Gasteiger partial charge in [0.2, 0.25) is 0 Å². The summed E-state index contributed by atoms with van der Waals surface area (Å²) in [6, 6.07) is 4.54. The lowest BCUT2D eigenvalue weighted by Crippen LogP contribution is -2.07. The summed E-state index contributed by atoms with van der Waals surface area (Å²) >= 11 is 1.54. The van der Waals surface area contributed by atoms with Crippen LogP contribution in [0.1, 0.15) is 6.92 Å². The third-order valence-corrected chi connectivity index (χ3v) is 2.99. The van der Waals surface area contributed by atoms with E-state index in [1.54, 1.807) is 13.2 Å². The minimum atomic E-state index is -0.294. The van der Waals surface area contributed by atoms with Crippen LogP contribution in [0.4, 0.5) is 10.1 Å². The predicted octanol–water partition coefficient (Wildman–Crippen LogP) is 2.53. The van der Waals surface area contributed by atoms with Gasteiger partial charge in [-0.3, -0.25) is 0 Å². The minimum Gasteiger partial charge on any atom is -0.399 e. The summed E-state index contributed by atoms with van der Waals surface area (Å²) in [7, 11) is 1.66. The van der Waals surface area contributed by atoms with Gasteiger partial charge in [-0.1, -0.05) is 0 Å². The van der Waals surface area contributed by atoms with E-state index in [-0.39, 0.29) is 11.9 Å². The fourth-order valence-corrected chi connectivity index (χ4v) is 1.93. The van der Waals surface area contributed by atoms with Crippen molar-refractivity contribution in [3.63, 3.8) is 0 Å². The first kappa shape index (κ1) is 11.3. The first-order chi connectivity index (χ1) is 6.61. The Morgan fingerprint density at radius 1 is 1.50 bits per heavy atom. The molecular weight excluding hydrogens is 201 g/mol. The van der Waals surface area contributed by atoms with Crippen LogP contribution in [0, 0.1) is 5.82 Å². The second-order valence-electron chi connectivity index (χ2n) is 3.08. The molecule has 0 radical (unpaired) electrons. The van der Waals surface area contributed by atoms with Gasteiger partial charge in [0.15, 0.2) is 0 Å². The Hall–Kier alpha value is -0.740. The van der Waals surface area contributed by atoms with Crippen molar-refractivity contribution in [2.75, 3.05) is 18.6 Å². The highest BCUT2D eigenvalue weighted by Gasteiger charge is 2.03. The van der Waals surface area contributed by atoms with E-state index in [1.807, 2.05) is 6.92 Å². The predicted molar refractivity (Wildman–Crippen MR) is 58.0 cm³/mol. The van der Waals surface area contributed by atoms with Gasteiger partial charge in [-0.05, 0) is 25.1 Å². The molecule has 0 spiro atoms. The van der Waals surface area contributed by atoms with Crippen molar-refractivity contribution in [1.29, 1.82) is 0 Å².